The van der Waals surface area contributed by atoms with Gasteiger partial charge in [-0.3, -0.25) is 9.69 Å². The highest BCUT2D eigenvalue weighted by molar-refractivity contribution is 6.31. The molecule has 6 heteroatoms. The monoisotopic (exact) mass is 286 g/mol. The molecule has 4 nitrogen and oxygen atoms in total. The van der Waals surface area contributed by atoms with Crippen LogP contribution in [0.25, 0.3) is 0 Å². The molecule has 0 saturated carbocycles. The maximum Gasteiger partial charge on any atom is 0.238 e. The number of hydrogen-bond donors (Lipinski definition) is 2. The lowest BCUT2D eigenvalue weighted by atomic mass is 10.1. The summed E-state index contributed by atoms with van der Waals surface area (Å²) in [6.07, 6.45) is 0.655. The Kier molecular flexibility index (Phi) is 4.08. The van der Waals surface area contributed by atoms with Gasteiger partial charge in [-0.2, -0.15) is 0 Å². The second-order valence-corrected chi connectivity index (χ2v) is 5.54. The van der Waals surface area contributed by atoms with Crippen molar-refractivity contribution in [2.75, 3.05) is 25.0 Å². The molecule has 2 N–H and O–H groups in total. The fourth-order valence-electron chi connectivity index (χ4n) is 2.15. The minimum atomic E-state index is -0.723. The Morgan fingerprint density at radius 2 is 2.37 bits per heavy atom. The van der Waals surface area contributed by atoms with Crippen LogP contribution in [0.5, 0.6) is 0 Å². The molecule has 0 aliphatic carbocycles. The van der Waals surface area contributed by atoms with Gasteiger partial charge in [0.2, 0.25) is 5.91 Å². The van der Waals surface area contributed by atoms with Crippen LogP contribution in [-0.4, -0.2) is 41.1 Å². The molecule has 0 radical (unpaired) electrons. The number of halogens is 2. The molecular weight excluding hydrogens is 271 g/mol. The van der Waals surface area contributed by atoms with Crippen molar-refractivity contribution in [3.8, 4) is 0 Å². The van der Waals surface area contributed by atoms with Gasteiger partial charge in [-0.1, -0.05) is 11.6 Å². The molecule has 1 aliphatic heterocycles. The molecule has 0 aromatic heterocycles. The summed E-state index contributed by atoms with van der Waals surface area (Å²) in [6, 6.07) is 4.03. The zero-order chi connectivity index (χ0) is 14.0. The fourth-order valence-corrected chi connectivity index (χ4v) is 2.33. The first-order chi connectivity index (χ1) is 8.85. The van der Waals surface area contributed by atoms with Crippen molar-refractivity contribution in [3.63, 3.8) is 0 Å². The van der Waals surface area contributed by atoms with E-state index in [1.54, 1.807) is 6.92 Å². The molecule has 1 saturated heterocycles. The molecule has 1 aromatic rings. The molecule has 2 rings (SSSR count). The number of rotatable bonds is 3. The van der Waals surface area contributed by atoms with Crippen molar-refractivity contribution < 1.29 is 14.3 Å². The van der Waals surface area contributed by atoms with Gasteiger partial charge in [0.15, 0.2) is 0 Å². The molecule has 1 atom stereocenters. The number of benzene rings is 1. The van der Waals surface area contributed by atoms with E-state index in [4.69, 9.17) is 11.6 Å². The second-order valence-electron chi connectivity index (χ2n) is 5.13. The van der Waals surface area contributed by atoms with Crippen LogP contribution >= 0.6 is 11.6 Å². The summed E-state index contributed by atoms with van der Waals surface area (Å²) >= 11 is 5.64. The molecule has 0 bridgehead atoms. The Morgan fingerprint density at radius 3 is 2.95 bits per heavy atom. The Labute approximate surface area is 116 Å². The van der Waals surface area contributed by atoms with Gasteiger partial charge >= 0.3 is 0 Å². The first-order valence-corrected chi connectivity index (χ1v) is 6.43. The molecule has 1 amide bonds. The summed E-state index contributed by atoms with van der Waals surface area (Å²) in [4.78, 5) is 13.7. The first-order valence-electron chi connectivity index (χ1n) is 6.05. The van der Waals surface area contributed by atoms with E-state index >= 15 is 0 Å². The third-order valence-electron chi connectivity index (χ3n) is 3.10. The number of nitrogens with one attached hydrogen (secondary N) is 1. The Bertz CT molecular complexity index is 494. The summed E-state index contributed by atoms with van der Waals surface area (Å²) in [5.74, 6) is -0.726. The van der Waals surface area contributed by atoms with Crippen molar-refractivity contribution in [2.45, 2.75) is 18.9 Å². The summed E-state index contributed by atoms with van der Waals surface area (Å²) in [5, 5.41) is 12.4. The van der Waals surface area contributed by atoms with Crippen LogP contribution in [0.2, 0.25) is 5.02 Å². The number of hydrogen-bond acceptors (Lipinski definition) is 3. The number of anilines is 1. The van der Waals surface area contributed by atoms with Gasteiger partial charge in [0.25, 0.3) is 0 Å². The molecule has 19 heavy (non-hydrogen) atoms. The zero-order valence-electron chi connectivity index (χ0n) is 10.6. The molecule has 1 aromatic carbocycles. The summed E-state index contributed by atoms with van der Waals surface area (Å²) < 4.78 is 13.0. The van der Waals surface area contributed by atoms with Gasteiger partial charge in [-0.15, -0.1) is 0 Å². The summed E-state index contributed by atoms with van der Waals surface area (Å²) in [7, 11) is 0. The van der Waals surface area contributed by atoms with Crippen molar-refractivity contribution in [1.29, 1.82) is 0 Å². The van der Waals surface area contributed by atoms with Gasteiger partial charge in [-0.25, -0.2) is 4.39 Å². The molecule has 1 heterocycles. The second kappa shape index (κ2) is 5.45. The van der Waals surface area contributed by atoms with Gasteiger partial charge in [0.1, 0.15) is 5.82 Å². The number of carbonyl (C=O) groups excluding carboxylic acids is 1. The average molecular weight is 287 g/mol. The SMILES string of the molecule is CC1(O)CCN(CC(=O)Nc2ccc(F)c(Cl)c2)C1. The highest BCUT2D eigenvalue weighted by Crippen LogP contribution is 2.21. The Hall–Kier alpha value is -1.17. The number of carbonyl (C=O) groups is 1. The molecular formula is C13H16ClFN2O2. The maximum absolute atomic E-state index is 13.0. The van der Waals surface area contributed by atoms with E-state index < -0.39 is 11.4 Å². The van der Waals surface area contributed by atoms with E-state index in [0.717, 1.165) is 0 Å². The Balaban J connectivity index is 1.89. The predicted molar refractivity (Wildman–Crippen MR) is 71.7 cm³/mol. The molecule has 1 aliphatic rings. The van der Waals surface area contributed by atoms with Gasteiger partial charge < -0.3 is 10.4 Å². The van der Waals surface area contributed by atoms with Crippen molar-refractivity contribution in [3.05, 3.63) is 29.0 Å². The van der Waals surface area contributed by atoms with Crippen LogP contribution in [0.15, 0.2) is 18.2 Å². The lowest BCUT2D eigenvalue weighted by molar-refractivity contribution is -0.117. The number of amides is 1. The lowest BCUT2D eigenvalue weighted by Gasteiger charge is -2.18. The van der Waals surface area contributed by atoms with E-state index in [1.165, 1.54) is 18.2 Å². The van der Waals surface area contributed by atoms with E-state index in [-0.39, 0.29) is 17.5 Å². The van der Waals surface area contributed by atoms with Crippen molar-refractivity contribution in [1.82, 2.24) is 4.90 Å². The quantitative estimate of drug-likeness (QED) is 0.892. The standard InChI is InChI=1S/C13H16ClFN2O2/c1-13(19)4-5-17(8-13)7-12(18)16-9-2-3-11(15)10(14)6-9/h2-3,6,19H,4-5,7-8H2,1H3,(H,16,18). The minimum Gasteiger partial charge on any atom is -0.389 e. The largest absolute Gasteiger partial charge is 0.389 e. The van der Waals surface area contributed by atoms with Gasteiger partial charge in [-0.05, 0) is 31.5 Å². The molecule has 104 valence electrons. The van der Waals surface area contributed by atoms with Gasteiger partial charge in [0.05, 0.1) is 17.2 Å². The van der Waals surface area contributed by atoms with E-state index in [1.807, 2.05) is 4.90 Å². The van der Waals surface area contributed by atoms with E-state index in [0.29, 0.717) is 25.2 Å². The third kappa shape index (κ3) is 3.89. The predicted octanol–water partition coefficient (Wildman–Crippen LogP) is 1.87. The van der Waals surface area contributed by atoms with Crippen molar-refractivity contribution >= 4 is 23.2 Å². The number of nitrogens with zero attached hydrogens (tertiary/aromatic N) is 1. The average Bonchev–Trinajstić information content (AvgIpc) is 2.63. The zero-order valence-corrected chi connectivity index (χ0v) is 11.4. The van der Waals surface area contributed by atoms with Crippen LogP contribution in [0, 0.1) is 5.82 Å². The topological polar surface area (TPSA) is 52.6 Å². The van der Waals surface area contributed by atoms with Crippen LogP contribution in [0.4, 0.5) is 10.1 Å². The van der Waals surface area contributed by atoms with Gasteiger partial charge in [0, 0.05) is 18.8 Å². The smallest absolute Gasteiger partial charge is 0.238 e. The van der Waals surface area contributed by atoms with Crippen molar-refractivity contribution in [2.24, 2.45) is 0 Å². The number of aliphatic hydroxyl groups is 1. The van der Waals surface area contributed by atoms with Crippen LogP contribution in [-0.2, 0) is 4.79 Å². The van der Waals surface area contributed by atoms with E-state index in [2.05, 4.69) is 5.32 Å². The number of β-amino-alcohol motifs (C(OH)–C–C–N with tert-alkyl or cyclic N) is 1. The molecule has 1 fully saturated rings. The molecule has 0 spiro atoms. The van der Waals surface area contributed by atoms with E-state index in [9.17, 15) is 14.3 Å². The van der Waals surface area contributed by atoms with Crippen LogP contribution in [0.3, 0.4) is 0 Å². The number of likely N-dealkylation sites (tertiary alicyclic amines) is 1. The maximum atomic E-state index is 13.0. The Morgan fingerprint density at radius 1 is 1.63 bits per heavy atom. The third-order valence-corrected chi connectivity index (χ3v) is 3.39. The van der Waals surface area contributed by atoms with Crippen LogP contribution < -0.4 is 5.32 Å². The lowest BCUT2D eigenvalue weighted by Crippen LogP contribution is -2.35. The summed E-state index contributed by atoms with van der Waals surface area (Å²) in [6.45, 7) is 3.12. The fraction of sp³-hybridized carbons (Fsp3) is 0.462. The summed E-state index contributed by atoms with van der Waals surface area (Å²) in [5.41, 5.74) is -0.262. The normalized spacial score (nSPS) is 23.6. The van der Waals surface area contributed by atoms with Crippen LogP contribution in [0.1, 0.15) is 13.3 Å². The molecule has 1 unspecified atom stereocenters. The minimum absolute atomic E-state index is 0.0260. The highest BCUT2D eigenvalue weighted by Gasteiger charge is 2.31. The first kappa shape index (κ1) is 14.2. The highest BCUT2D eigenvalue weighted by atomic mass is 35.5.